The highest BCUT2D eigenvalue weighted by molar-refractivity contribution is 6.30. The zero-order valence-electron chi connectivity index (χ0n) is 7.97. The van der Waals surface area contributed by atoms with Gasteiger partial charge in [-0.05, 0) is 24.3 Å². The Bertz CT molecular complexity index is 279. The Balaban J connectivity index is 0.000000671. The van der Waals surface area contributed by atoms with E-state index in [1.807, 2.05) is 38.1 Å². The molecule has 70 valence electrons. The van der Waals surface area contributed by atoms with Gasteiger partial charge < -0.3 is 5.73 Å². The topological polar surface area (TPSA) is 26.0 Å². The van der Waals surface area contributed by atoms with E-state index < -0.39 is 0 Å². The minimum absolute atomic E-state index is 0.391. The molecule has 0 unspecified atom stereocenters. The van der Waals surface area contributed by atoms with Crippen molar-refractivity contribution < 1.29 is 0 Å². The molecule has 0 aliphatic carbocycles. The third-order valence-corrected chi connectivity index (χ3v) is 1.43. The summed E-state index contributed by atoms with van der Waals surface area (Å²) in [6.07, 6.45) is 0. The summed E-state index contributed by atoms with van der Waals surface area (Å²) in [5.41, 5.74) is 6.15. The van der Waals surface area contributed by atoms with E-state index in [0.717, 1.165) is 10.6 Å². The van der Waals surface area contributed by atoms with Gasteiger partial charge in [-0.25, -0.2) is 0 Å². The van der Waals surface area contributed by atoms with Gasteiger partial charge in [-0.3, -0.25) is 0 Å². The van der Waals surface area contributed by atoms with Gasteiger partial charge in [0.15, 0.2) is 0 Å². The molecule has 1 nitrogen and oxygen atoms in total. The quantitative estimate of drug-likeness (QED) is 0.633. The van der Waals surface area contributed by atoms with Crippen molar-refractivity contribution in [3.05, 3.63) is 34.9 Å². The van der Waals surface area contributed by atoms with Crippen molar-refractivity contribution in [2.24, 2.45) is 5.73 Å². The van der Waals surface area contributed by atoms with Crippen LogP contribution in [0.25, 0.3) is 0 Å². The molecule has 0 aliphatic rings. The van der Waals surface area contributed by atoms with E-state index >= 15 is 0 Å². The van der Waals surface area contributed by atoms with Gasteiger partial charge >= 0.3 is 0 Å². The van der Waals surface area contributed by atoms with Gasteiger partial charge in [0, 0.05) is 10.6 Å². The van der Waals surface area contributed by atoms with Crippen LogP contribution >= 0.6 is 11.6 Å². The number of nitrogens with two attached hydrogens (primary N) is 1. The Hall–Kier alpha value is -0.970. The maximum Gasteiger partial charge on any atom is 0.0555 e. The van der Waals surface area contributed by atoms with Crippen molar-refractivity contribution in [2.75, 3.05) is 6.54 Å². The van der Waals surface area contributed by atoms with Crippen LogP contribution in [0, 0.1) is 11.8 Å². The first-order valence-corrected chi connectivity index (χ1v) is 4.65. The van der Waals surface area contributed by atoms with Crippen LogP contribution in [0.1, 0.15) is 19.4 Å². The second-order valence-electron chi connectivity index (χ2n) is 2.01. The molecule has 0 radical (unpaired) electrons. The number of rotatable bonds is 0. The Kier molecular flexibility index (Phi) is 7.10. The van der Waals surface area contributed by atoms with E-state index in [2.05, 4.69) is 11.8 Å². The van der Waals surface area contributed by atoms with Gasteiger partial charge in [0.1, 0.15) is 0 Å². The number of hydrogen-bond acceptors (Lipinski definition) is 1. The van der Waals surface area contributed by atoms with Crippen LogP contribution in [0.15, 0.2) is 24.3 Å². The summed E-state index contributed by atoms with van der Waals surface area (Å²) >= 11 is 5.67. The minimum Gasteiger partial charge on any atom is -0.320 e. The normalized spacial score (nSPS) is 7.69. The highest BCUT2D eigenvalue weighted by Gasteiger charge is 1.85. The summed E-state index contributed by atoms with van der Waals surface area (Å²) in [5.74, 6) is 5.66. The van der Waals surface area contributed by atoms with Gasteiger partial charge in [-0.2, -0.15) is 0 Å². The van der Waals surface area contributed by atoms with Crippen molar-refractivity contribution in [3.63, 3.8) is 0 Å². The fraction of sp³-hybridized carbons (Fsp3) is 0.273. The second-order valence-corrected chi connectivity index (χ2v) is 2.45. The van der Waals surface area contributed by atoms with Crippen molar-refractivity contribution >= 4 is 11.6 Å². The fourth-order valence-corrected chi connectivity index (χ4v) is 0.812. The van der Waals surface area contributed by atoms with Crippen LogP contribution in [0.5, 0.6) is 0 Å². The lowest BCUT2D eigenvalue weighted by molar-refractivity contribution is 1.30. The average Bonchev–Trinajstić information content (AvgIpc) is 2.20. The standard InChI is InChI=1S/C9H8ClN.C2H6/c10-9-5-3-8(4-6-9)2-1-7-11;1-2/h3-6H,7,11H2;1-2H3. The molecule has 1 aromatic rings. The highest BCUT2D eigenvalue weighted by atomic mass is 35.5. The molecular formula is C11H14ClN. The Labute approximate surface area is 84.9 Å². The fourth-order valence-electron chi connectivity index (χ4n) is 0.686. The van der Waals surface area contributed by atoms with Crippen molar-refractivity contribution in [2.45, 2.75) is 13.8 Å². The third-order valence-electron chi connectivity index (χ3n) is 1.18. The Morgan fingerprint density at radius 2 is 1.77 bits per heavy atom. The average molecular weight is 196 g/mol. The van der Waals surface area contributed by atoms with Gasteiger partial charge in [0.2, 0.25) is 0 Å². The lowest BCUT2D eigenvalue weighted by Gasteiger charge is -1.88. The van der Waals surface area contributed by atoms with Crippen molar-refractivity contribution in [1.82, 2.24) is 0 Å². The molecule has 0 bridgehead atoms. The highest BCUT2D eigenvalue weighted by Crippen LogP contribution is 2.07. The third kappa shape index (κ3) is 5.30. The van der Waals surface area contributed by atoms with E-state index in [0.29, 0.717) is 6.54 Å². The largest absolute Gasteiger partial charge is 0.320 e. The smallest absolute Gasteiger partial charge is 0.0555 e. The van der Waals surface area contributed by atoms with Gasteiger partial charge in [-0.15, -0.1) is 0 Å². The Morgan fingerprint density at radius 3 is 2.23 bits per heavy atom. The molecule has 0 aromatic heterocycles. The first kappa shape index (κ1) is 12.0. The maximum absolute atomic E-state index is 5.67. The summed E-state index contributed by atoms with van der Waals surface area (Å²) in [6, 6.07) is 7.35. The lowest BCUT2D eigenvalue weighted by atomic mass is 10.2. The van der Waals surface area contributed by atoms with Crippen LogP contribution in [-0.4, -0.2) is 6.54 Å². The lowest BCUT2D eigenvalue weighted by Crippen LogP contribution is -1.92. The van der Waals surface area contributed by atoms with Gasteiger partial charge in [-0.1, -0.05) is 37.3 Å². The molecule has 2 heteroatoms. The zero-order valence-corrected chi connectivity index (χ0v) is 8.73. The molecule has 1 aromatic carbocycles. The van der Waals surface area contributed by atoms with E-state index in [9.17, 15) is 0 Å². The summed E-state index contributed by atoms with van der Waals surface area (Å²) in [5, 5.41) is 0.725. The molecule has 0 amide bonds. The molecule has 0 fully saturated rings. The molecule has 1 rings (SSSR count). The molecule has 0 heterocycles. The summed E-state index contributed by atoms with van der Waals surface area (Å²) in [6.45, 7) is 4.39. The molecule has 0 spiro atoms. The van der Waals surface area contributed by atoms with Crippen LogP contribution < -0.4 is 5.73 Å². The summed E-state index contributed by atoms with van der Waals surface area (Å²) in [4.78, 5) is 0. The number of benzene rings is 1. The van der Waals surface area contributed by atoms with E-state index in [4.69, 9.17) is 17.3 Å². The first-order chi connectivity index (χ1) is 6.33. The van der Waals surface area contributed by atoms with Crippen LogP contribution in [-0.2, 0) is 0 Å². The SMILES string of the molecule is CC.NCC#Cc1ccc(Cl)cc1. The van der Waals surface area contributed by atoms with Crippen LogP contribution in [0.4, 0.5) is 0 Å². The number of halogens is 1. The minimum atomic E-state index is 0.391. The molecule has 0 saturated heterocycles. The van der Waals surface area contributed by atoms with E-state index in [1.54, 1.807) is 0 Å². The molecule has 13 heavy (non-hydrogen) atoms. The zero-order chi connectivity index (χ0) is 10.1. The Morgan fingerprint density at radius 1 is 1.23 bits per heavy atom. The van der Waals surface area contributed by atoms with Crippen molar-refractivity contribution in [3.8, 4) is 11.8 Å². The monoisotopic (exact) mass is 195 g/mol. The molecule has 0 saturated carbocycles. The van der Waals surface area contributed by atoms with Gasteiger partial charge in [0.05, 0.1) is 6.54 Å². The summed E-state index contributed by atoms with van der Waals surface area (Å²) < 4.78 is 0. The van der Waals surface area contributed by atoms with E-state index in [-0.39, 0.29) is 0 Å². The number of hydrogen-bond donors (Lipinski definition) is 1. The second kappa shape index (κ2) is 7.67. The van der Waals surface area contributed by atoms with E-state index in [1.165, 1.54) is 0 Å². The van der Waals surface area contributed by atoms with Crippen LogP contribution in [0.2, 0.25) is 5.02 Å². The maximum atomic E-state index is 5.67. The molecule has 0 atom stereocenters. The predicted octanol–water partition coefficient (Wildman–Crippen LogP) is 2.68. The van der Waals surface area contributed by atoms with Gasteiger partial charge in [0.25, 0.3) is 0 Å². The summed E-state index contributed by atoms with van der Waals surface area (Å²) in [7, 11) is 0. The van der Waals surface area contributed by atoms with Crippen LogP contribution in [0.3, 0.4) is 0 Å². The predicted molar refractivity (Wildman–Crippen MR) is 58.7 cm³/mol. The first-order valence-electron chi connectivity index (χ1n) is 4.27. The molecule has 0 aliphatic heterocycles. The van der Waals surface area contributed by atoms with Crippen molar-refractivity contribution in [1.29, 1.82) is 0 Å². The molecule has 2 N–H and O–H groups in total. The molecular weight excluding hydrogens is 182 g/mol.